The van der Waals surface area contributed by atoms with Gasteiger partial charge in [-0.05, 0) is 100 Å². The van der Waals surface area contributed by atoms with Crippen LogP contribution in [0, 0.1) is 23.2 Å². The Morgan fingerprint density at radius 1 is 0.765 bits per heavy atom. The minimum Gasteiger partial charge on any atom is -0.852 e. The molecule has 7 atom stereocenters. The summed E-state index contributed by atoms with van der Waals surface area (Å²) < 4.78 is 0. The van der Waals surface area contributed by atoms with Crippen molar-refractivity contribution in [3.8, 4) is 0 Å². The number of benzene rings is 4. The third kappa shape index (κ3) is 6.03. The van der Waals surface area contributed by atoms with Crippen LogP contribution in [0.15, 0.2) is 115 Å². The van der Waals surface area contributed by atoms with E-state index in [1.807, 2.05) is 12.1 Å². The zero-order valence-electron chi connectivity index (χ0n) is 31.9. The molecule has 0 amide bonds. The number of unbranched alkanes of at least 4 members (excludes halogenated alkanes) is 1. The molecule has 0 bridgehead atoms. The number of anilines is 4. The molecule has 51 heavy (non-hydrogen) atoms. The molecule has 3 aliphatic rings. The van der Waals surface area contributed by atoms with Crippen molar-refractivity contribution in [1.82, 2.24) is 0 Å². The summed E-state index contributed by atoms with van der Waals surface area (Å²) in [7, 11) is 0. The first kappa shape index (κ1) is 35.5. The standard InChI is InChI=1S/C47H56N2O2/c1-9-11-28-48-38-27-24-32(45(3,4)5)29-37(38)46(6,7)39(48)30-36-40-41(43(40)50)42(47(8,10-2)44(36)51)31-22-25-35(26-23-31)49(33-18-14-12-15-19-33)34-20-16-13-17-21-34/h12-27,29-30,36,40-44H,9-11,28H2,1-8H3/q-2/b39-30+/t36?,40-,41-,42?,43?,44?,47?/m0/s1. The normalized spacial score (nSPS) is 28.7. The van der Waals surface area contributed by atoms with Crippen molar-refractivity contribution in [2.75, 3.05) is 16.3 Å². The molecule has 1 aliphatic heterocycles. The third-order valence-corrected chi connectivity index (χ3v) is 12.7. The number of allylic oxidation sites excluding steroid dienone is 1. The highest BCUT2D eigenvalue weighted by atomic mass is 16.3. The van der Waals surface area contributed by atoms with E-state index in [4.69, 9.17) is 0 Å². The molecule has 7 rings (SSSR count). The van der Waals surface area contributed by atoms with Crippen LogP contribution >= 0.6 is 0 Å². The van der Waals surface area contributed by atoms with Gasteiger partial charge >= 0.3 is 0 Å². The highest BCUT2D eigenvalue weighted by Gasteiger charge is 2.61. The Labute approximate surface area is 306 Å². The molecular weight excluding hydrogens is 625 g/mol. The highest BCUT2D eigenvalue weighted by Crippen LogP contribution is 2.66. The van der Waals surface area contributed by atoms with Crippen molar-refractivity contribution in [2.45, 2.75) is 104 Å². The molecule has 0 radical (unpaired) electrons. The molecule has 1 heterocycles. The summed E-state index contributed by atoms with van der Waals surface area (Å²) in [6.45, 7) is 18.9. The van der Waals surface area contributed by atoms with Crippen LogP contribution in [0.1, 0.15) is 97.3 Å². The van der Waals surface area contributed by atoms with Gasteiger partial charge in [0.25, 0.3) is 0 Å². The summed E-state index contributed by atoms with van der Waals surface area (Å²) in [6, 6.07) is 36.5. The Morgan fingerprint density at radius 3 is 1.90 bits per heavy atom. The first-order valence-electron chi connectivity index (χ1n) is 19.3. The summed E-state index contributed by atoms with van der Waals surface area (Å²) in [5.41, 5.74) is 8.72. The summed E-state index contributed by atoms with van der Waals surface area (Å²) in [5, 5.41) is 29.1. The van der Waals surface area contributed by atoms with Crippen molar-refractivity contribution in [3.05, 3.63) is 132 Å². The van der Waals surface area contributed by atoms with Gasteiger partial charge in [-0.1, -0.05) is 135 Å². The summed E-state index contributed by atoms with van der Waals surface area (Å²) in [6.07, 6.45) is 3.61. The quantitative estimate of drug-likeness (QED) is 0.177. The fourth-order valence-corrected chi connectivity index (χ4v) is 9.51. The molecule has 0 spiro atoms. The second-order valence-corrected chi connectivity index (χ2v) is 17.2. The molecule has 4 heteroatoms. The fraction of sp³-hybridized carbons (Fsp3) is 0.447. The molecule has 5 unspecified atom stereocenters. The monoisotopic (exact) mass is 680 g/mol. The molecule has 4 aromatic carbocycles. The van der Waals surface area contributed by atoms with E-state index < -0.39 is 17.6 Å². The van der Waals surface area contributed by atoms with E-state index in [2.05, 4.69) is 162 Å². The van der Waals surface area contributed by atoms with Crippen LogP contribution < -0.4 is 20.0 Å². The van der Waals surface area contributed by atoms with Gasteiger partial charge in [-0.25, -0.2) is 0 Å². The van der Waals surface area contributed by atoms with Gasteiger partial charge in [0.2, 0.25) is 0 Å². The van der Waals surface area contributed by atoms with Crippen LogP contribution in [0.2, 0.25) is 0 Å². The lowest BCUT2D eigenvalue weighted by Crippen LogP contribution is -2.54. The van der Waals surface area contributed by atoms with Crippen LogP contribution in [0.5, 0.6) is 0 Å². The number of fused-ring (bicyclic) bond motifs is 2. The van der Waals surface area contributed by atoms with Gasteiger partial charge in [0.1, 0.15) is 0 Å². The number of hydrogen-bond donors (Lipinski definition) is 0. The second-order valence-electron chi connectivity index (χ2n) is 17.2. The average molecular weight is 681 g/mol. The number of hydrogen-bond acceptors (Lipinski definition) is 4. The number of para-hydroxylation sites is 2. The van der Waals surface area contributed by atoms with E-state index >= 15 is 5.11 Å². The molecule has 0 aromatic heterocycles. The predicted octanol–water partition coefficient (Wildman–Crippen LogP) is 9.77. The second kappa shape index (κ2) is 13.3. The van der Waals surface area contributed by atoms with Gasteiger partial charge in [0, 0.05) is 40.4 Å². The lowest BCUT2D eigenvalue weighted by Gasteiger charge is -2.55. The maximum atomic E-state index is 15.0. The smallest absolute Gasteiger partial charge is 0.0461 e. The molecule has 0 saturated heterocycles. The van der Waals surface area contributed by atoms with Gasteiger partial charge in [0.15, 0.2) is 0 Å². The minimum atomic E-state index is -0.873. The van der Waals surface area contributed by atoms with Crippen LogP contribution in [0.25, 0.3) is 0 Å². The topological polar surface area (TPSA) is 52.6 Å². The largest absolute Gasteiger partial charge is 0.852 e. The molecule has 2 fully saturated rings. The zero-order chi connectivity index (χ0) is 36.3. The third-order valence-electron chi connectivity index (χ3n) is 12.7. The summed E-state index contributed by atoms with van der Waals surface area (Å²) in [4.78, 5) is 4.74. The van der Waals surface area contributed by atoms with Crippen molar-refractivity contribution < 1.29 is 10.2 Å². The lowest BCUT2D eigenvalue weighted by atomic mass is 9.58. The van der Waals surface area contributed by atoms with Crippen LogP contribution in [0.4, 0.5) is 22.7 Å². The molecule has 0 N–H and O–H groups in total. The predicted molar refractivity (Wildman–Crippen MR) is 209 cm³/mol. The van der Waals surface area contributed by atoms with E-state index in [0.717, 1.165) is 48.4 Å². The van der Waals surface area contributed by atoms with E-state index in [9.17, 15) is 5.11 Å². The Kier molecular flexibility index (Phi) is 9.25. The van der Waals surface area contributed by atoms with E-state index in [1.54, 1.807) is 0 Å². The average Bonchev–Trinajstić information content (AvgIpc) is 3.72. The molecule has 2 saturated carbocycles. The maximum Gasteiger partial charge on any atom is 0.0461 e. The first-order valence-corrected chi connectivity index (χ1v) is 19.3. The first-order chi connectivity index (χ1) is 24.3. The van der Waals surface area contributed by atoms with Gasteiger partial charge in [-0.3, -0.25) is 0 Å². The molecule has 4 nitrogen and oxygen atoms in total. The minimum absolute atomic E-state index is 0.0455. The molecule has 2 aliphatic carbocycles. The van der Waals surface area contributed by atoms with E-state index in [-0.39, 0.29) is 34.5 Å². The van der Waals surface area contributed by atoms with Gasteiger partial charge < -0.3 is 20.0 Å². The Morgan fingerprint density at radius 2 is 1.35 bits per heavy atom. The lowest BCUT2D eigenvalue weighted by molar-refractivity contribution is -0.465. The molecular formula is C47H56N2O2-2. The Balaban J connectivity index is 1.24. The van der Waals surface area contributed by atoms with Gasteiger partial charge in [0.05, 0.1) is 0 Å². The van der Waals surface area contributed by atoms with Gasteiger partial charge in [-0.15, -0.1) is 12.2 Å². The van der Waals surface area contributed by atoms with Crippen molar-refractivity contribution >= 4 is 22.7 Å². The van der Waals surface area contributed by atoms with E-state index in [1.165, 1.54) is 22.5 Å². The van der Waals surface area contributed by atoms with Crippen molar-refractivity contribution in [2.24, 2.45) is 23.2 Å². The maximum absolute atomic E-state index is 15.0. The van der Waals surface area contributed by atoms with Crippen LogP contribution in [0.3, 0.4) is 0 Å². The Hall–Kier alpha value is -3.86. The summed E-state index contributed by atoms with van der Waals surface area (Å²) >= 11 is 0. The van der Waals surface area contributed by atoms with Crippen molar-refractivity contribution in [3.63, 3.8) is 0 Å². The Bertz CT molecular complexity index is 1820. The van der Waals surface area contributed by atoms with Crippen molar-refractivity contribution in [1.29, 1.82) is 0 Å². The van der Waals surface area contributed by atoms with Crippen LogP contribution in [-0.2, 0) is 10.8 Å². The highest BCUT2D eigenvalue weighted by molar-refractivity contribution is 5.76. The van der Waals surface area contributed by atoms with E-state index in [0.29, 0.717) is 0 Å². The van der Waals surface area contributed by atoms with Crippen LogP contribution in [-0.4, -0.2) is 18.8 Å². The summed E-state index contributed by atoms with van der Waals surface area (Å²) in [5.74, 6) is -0.551. The van der Waals surface area contributed by atoms with Gasteiger partial charge in [-0.2, -0.15) is 0 Å². The fourth-order valence-electron chi connectivity index (χ4n) is 9.51. The molecule has 268 valence electrons. The molecule has 4 aromatic rings. The SMILES string of the molecule is CCCCN1/C(=C/C2C([O-])C(C)(CC)C(c3ccc(N(c4ccccc4)c4ccccc4)cc3)[C@H]3C([O-])[C@@H]23)C(C)(C)c2cc(C(C)(C)C)ccc21. The number of rotatable bonds is 9. The number of nitrogens with zero attached hydrogens (tertiary/aromatic N) is 2. The zero-order valence-corrected chi connectivity index (χ0v) is 31.9.